The van der Waals surface area contributed by atoms with Gasteiger partial charge in [0.15, 0.2) is 0 Å². The maximum absolute atomic E-state index is 13.6. The molecule has 0 bridgehead atoms. The number of rotatable bonds is 8. The predicted molar refractivity (Wildman–Crippen MR) is 143 cm³/mol. The van der Waals surface area contributed by atoms with Crippen LogP contribution in [0, 0.1) is 13.8 Å². The van der Waals surface area contributed by atoms with E-state index < -0.39 is 15.9 Å². The maximum Gasteiger partial charge on any atom is 0.264 e. The number of carbonyl (C=O) groups is 1. The smallest absolute Gasteiger partial charge is 0.264 e. The lowest BCUT2D eigenvalue weighted by molar-refractivity contribution is -0.119. The van der Waals surface area contributed by atoms with Crippen LogP contribution in [0.4, 0.5) is 11.4 Å². The van der Waals surface area contributed by atoms with Gasteiger partial charge in [-0.25, -0.2) is 8.42 Å². The molecule has 36 heavy (non-hydrogen) atoms. The monoisotopic (exact) mass is 527 g/mol. The van der Waals surface area contributed by atoms with E-state index in [2.05, 4.69) is 10.2 Å². The highest BCUT2D eigenvalue weighted by Gasteiger charge is 2.28. The van der Waals surface area contributed by atoms with Gasteiger partial charge in [0.25, 0.3) is 10.0 Å². The number of hydrogen-bond acceptors (Lipinski definition) is 5. The molecule has 1 aliphatic rings. The van der Waals surface area contributed by atoms with Crippen LogP contribution in [0.1, 0.15) is 16.7 Å². The number of hydrogen-bond donors (Lipinski definition) is 1. The first-order chi connectivity index (χ1) is 17.2. The van der Waals surface area contributed by atoms with Crippen LogP contribution >= 0.6 is 11.6 Å². The molecular weight excluding hydrogens is 498 g/mol. The minimum atomic E-state index is -4.01. The molecule has 190 valence electrons. The Morgan fingerprint density at radius 1 is 1.00 bits per heavy atom. The summed E-state index contributed by atoms with van der Waals surface area (Å²) >= 11 is 6.19. The van der Waals surface area contributed by atoms with Gasteiger partial charge in [0.2, 0.25) is 5.91 Å². The third-order valence-electron chi connectivity index (χ3n) is 6.14. The minimum absolute atomic E-state index is 0.110. The third kappa shape index (κ3) is 6.19. The van der Waals surface area contributed by atoms with Crippen LogP contribution in [0.3, 0.4) is 0 Å². The Morgan fingerprint density at radius 2 is 1.67 bits per heavy atom. The second-order valence-electron chi connectivity index (χ2n) is 8.80. The number of aryl methyl sites for hydroxylation is 2. The zero-order valence-corrected chi connectivity index (χ0v) is 22.0. The molecule has 1 aliphatic heterocycles. The average Bonchev–Trinajstić information content (AvgIpc) is 2.88. The Hall–Kier alpha value is -3.07. The number of benzene rings is 3. The molecule has 1 saturated heterocycles. The molecule has 0 spiro atoms. The van der Waals surface area contributed by atoms with E-state index in [1.807, 2.05) is 31.2 Å². The summed E-state index contributed by atoms with van der Waals surface area (Å²) in [5.41, 5.74) is 4.04. The first-order valence-corrected chi connectivity index (χ1v) is 13.6. The van der Waals surface area contributed by atoms with E-state index in [-0.39, 0.29) is 18.0 Å². The van der Waals surface area contributed by atoms with Crippen molar-refractivity contribution in [1.82, 2.24) is 5.32 Å². The topological polar surface area (TPSA) is 79.0 Å². The Labute approximate surface area is 217 Å². The van der Waals surface area contributed by atoms with Gasteiger partial charge < -0.3 is 15.0 Å². The lowest BCUT2D eigenvalue weighted by Crippen LogP contribution is -2.41. The molecule has 1 fully saturated rings. The molecular formula is C27H30ClN3O4S. The molecule has 0 aliphatic carbocycles. The number of sulfonamides is 1. The highest BCUT2D eigenvalue weighted by atomic mass is 35.5. The number of ether oxygens (including phenoxy) is 1. The molecule has 0 radical (unpaired) electrons. The summed E-state index contributed by atoms with van der Waals surface area (Å²) in [6.45, 7) is 6.72. The van der Waals surface area contributed by atoms with Crippen LogP contribution in [-0.2, 0) is 26.1 Å². The van der Waals surface area contributed by atoms with Crippen LogP contribution in [0.25, 0.3) is 0 Å². The van der Waals surface area contributed by atoms with Gasteiger partial charge in [-0.15, -0.1) is 0 Å². The summed E-state index contributed by atoms with van der Waals surface area (Å²) in [6.07, 6.45) is 0. The van der Waals surface area contributed by atoms with Crippen LogP contribution in [0.2, 0.25) is 5.02 Å². The van der Waals surface area contributed by atoms with Crippen molar-refractivity contribution >= 4 is 38.9 Å². The van der Waals surface area contributed by atoms with E-state index in [0.29, 0.717) is 29.5 Å². The number of nitrogens with one attached hydrogen (secondary N) is 1. The molecule has 9 heteroatoms. The molecule has 3 aromatic carbocycles. The Bertz CT molecular complexity index is 1310. The van der Waals surface area contributed by atoms with Gasteiger partial charge in [-0.2, -0.15) is 0 Å². The Morgan fingerprint density at radius 3 is 2.33 bits per heavy atom. The van der Waals surface area contributed by atoms with Crippen LogP contribution in [0.5, 0.6) is 0 Å². The first-order valence-electron chi connectivity index (χ1n) is 11.8. The Kier molecular flexibility index (Phi) is 8.18. The fourth-order valence-electron chi connectivity index (χ4n) is 4.02. The number of nitrogens with zero attached hydrogens (tertiary/aromatic N) is 2. The second-order valence-corrected chi connectivity index (χ2v) is 11.1. The molecule has 0 aromatic heterocycles. The molecule has 1 amide bonds. The fourth-order valence-corrected chi connectivity index (χ4v) is 5.67. The fraction of sp³-hybridized carbons (Fsp3) is 0.296. The molecule has 4 rings (SSSR count). The molecule has 0 unspecified atom stereocenters. The van der Waals surface area contributed by atoms with Crippen molar-refractivity contribution in [3.05, 3.63) is 88.4 Å². The third-order valence-corrected chi connectivity index (χ3v) is 8.15. The number of carbonyl (C=O) groups excluding carboxylic acids is 1. The van der Waals surface area contributed by atoms with Crippen molar-refractivity contribution in [2.24, 2.45) is 0 Å². The molecule has 7 nitrogen and oxygen atoms in total. The van der Waals surface area contributed by atoms with E-state index >= 15 is 0 Å². The van der Waals surface area contributed by atoms with Gasteiger partial charge in [-0.1, -0.05) is 47.5 Å². The highest BCUT2D eigenvalue weighted by Crippen LogP contribution is 2.29. The van der Waals surface area contributed by atoms with Gasteiger partial charge in [0, 0.05) is 30.3 Å². The van der Waals surface area contributed by atoms with Crippen molar-refractivity contribution in [1.29, 1.82) is 0 Å². The first kappa shape index (κ1) is 26.0. The molecule has 0 atom stereocenters. The van der Waals surface area contributed by atoms with Crippen molar-refractivity contribution in [2.45, 2.75) is 25.3 Å². The molecule has 1 N–H and O–H groups in total. The van der Waals surface area contributed by atoms with E-state index in [1.165, 1.54) is 0 Å². The highest BCUT2D eigenvalue weighted by molar-refractivity contribution is 7.92. The zero-order chi connectivity index (χ0) is 25.7. The largest absolute Gasteiger partial charge is 0.378 e. The summed E-state index contributed by atoms with van der Waals surface area (Å²) in [4.78, 5) is 15.3. The summed E-state index contributed by atoms with van der Waals surface area (Å²) in [5, 5.41) is 3.24. The van der Waals surface area contributed by atoms with Crippen molar-refractivity contribution in [3.8, 4) is 0 Å². The zero-order valence-electron chi connectivity index (χ0n) is 20.4. The van der Waals surface area contributed by atoms with Crippen LogP contribution < -0.4 is 14.5 Å². The van der Waals surface area contributed by atoms with Crippen molar-refractivity contribution < 1.29 is 17.9 Å². The van der Waals surface area contributed by atoms with E-state index in [4.69, 9.17) is 16.3 Å². The van der Waals surface area contributed by atoms with Crippen LogP contribution in [0.15, 0.2) is 71.6 Å². The van der Waals surface area contributed by atoms with E-state index in [9.17, 15) is 13.2 Å². The van der Waals surface area contributed by atoms with E-state index in [0.717, 1.165) is 34.2 Å². The van der Waals surface area contributed by atoms with Gasteiger partial charge >= 0.3 is 0 Å². The Balaban J connectivity index is 1.50. The van der Waals surface area contributed by atoms with Gasteiger partial charge in [-0.05, 0) is 61.4 Å². The molecule has 1 heterocycles. The minimum Gasteiger partial charge on any atom is -0.378 e. The summed E-state index contributed by atoms with van der Waals surface area (Å²) in [6, 6.07) is 19.5. The number of halogens is 1. The summed E-state index contributed by atoms with van der Waals surface area (Å²) < 4.78 is 33.7. The SMILES string of the molecule is Cc1ccc(S(=O)(=O)N(CC(=O)NCc2ccc(N3CCOCC3)cc2)c2cc(Cl)ccc2C)cc1. The lowest BCUT2D eigenvalue weighted by atomic mass is 10.2. The normalized spacial score (nSPS) is 13.9. The maximum atomic E-state index is 13.6. The number of anilines is 2. The van der Waals surface area contributed by atoms with Crippen molar-refractivity contribution in [3.63, 3.8) is 0 Å². The van der Waals surface area contributed by atoms with Crippen molar-refractivity contribution in [2.75, 3.05) is 42.1 Å². The van der Waals surface area contributed by atoms with Gasteiger partial charge in [0.05, 0.1) is 23.8 Å². The predicted octanol–water partition coefficient (Wildman–Crippen LogP) is 4.31. The summed E-state index contributed by atoms with van der Waals surface area (Å²) in [5.74, 6) is -0.415. The van der Waals surface area contributed by atoms with Crippen LogP contribution in [-0.4, -0.2) is 47.2 Å². The molecule has 0 saturated carbocycles. The number of amides is 1. The molecule has 3 aromatic rings. The standard InChI is InChI=1S/C27H30ClN3O4S/c1-20-3-11-25(12-4-20)36(33,34)31(26-17-23(28)8-5-21(26)2)19-27(32)29-18-22-6-9-24(10-7-22)30-13-15-35-16-14-30/h3-12,17H,13-16,18-19H2,1-2H3,(H,29,32). The average molecular weight is 528 g/mol. The second kappa shape index (κ2) is 11.3. The van der Waals surface area contributed by atoms with E-state index in [1.54, 1.807) is 49.4 Å². The quantitative estimate of drug-likeness (QED) is 0.472. The number of morpholine rings is 1. The summed E-state index contributed by atoms with van der Waals surface area (Å²) in [7, 11) is -4.01. The van der Waals surface area contributed by atoms with Gasteiger partial charge in [0.1, 0.15) is 6.54 Å². The lowest BCUT2D eigenvalue weighted by Gasteiger charge is -2.29. The van der Waals surface area contributed by atoms with Gasteiger partial charge in [-0.3, -0.25) is 9.10 Å².